The first-order chi connectivity index (χ1) is 9.83. The molecule has 0 saturated carbocycles. The van der Waals surface area contributed by atoms with E-state index >= 15 is 0 Å². The predicted molar refractivity (Wildman–Crippen MR) is 84.5 cm³/mol. The Bertz CT molecular complexity index is 448. The van der Waals surface area contributed by atoms with Crippen molar-refractivity contribution in [3.63, 3.8) is 0 Å². The topological polar surface area (TPSA) is 58.6 Å². The normalized spacial score (nSPS) is 14.4. The van der Waals surface area contributed by atoms with Crippen LogP contribution in [0.25, 0.3) is 0 Å². The number of carbonyl (C=O) groups is 1. The van der Waals surface area contributed by atoms with Crippen LogP contribution in [0.1, 0.15) is 45.6 Å². The van der Waals surface area contributed by atoms with Crippen molar-refractivity contribution in [1.82, 2.24) is 5.32 Å². The molecule has 118 valence electrons. The van der Waals surface area contributed by atoms with Gasteiger partial charge in [0, 0.05) is 0 Å². The van der Waals surface area contributed by atoms with Gasteiger partial charge in [0.1, 0.15) is 5.75 Å². The maximum absolute atomic E-state index is 12.5. The third kappa shape index (κ3) is 4.74. The summed E-state index contributed by atoms with van der Waals surface area (Å²) in [6.45, 7) is 7.93. The maximum atomic E-state index is 12.5. The third-order valence-electron chi connectivity index (χ3n) is 3.79. The van der Waals surface area contributed by atoms with Crippen molar-refractivity contribution >= 4 is 5.91 Å². The zero-order valence-corrected chi connectivity index (χ0v) is 13.6. The molecule has 0 fully saturated rings. The average Bonchev–Trinajstić information content (AvgIpc) is 2.45. The summed E-state index contributed by atoms with van der Waals surface area (Å²) in [5.74, 6) is 0.515. The van der Waals surface area contributed by atoms with Gasteiger partial charge in [-0.05, 0) is 29.5 Å². The van der Waals surface area contributed by atoms with Gasteiger partial charge in [0.2, 0.25) is 5.91 Å². The summed E-state index contributed by atoms with van der Waals surface area (Å²) in [6.07, 6.45) is 0.709. The monoisotopic (exact) mass is 293 g/mol. The van der Waals surface area contributed by atoms with Crippen LogP contribution in [0.3, 0.4) is 0 Å². The lowest BCUT2D eigenvalue weighted by Gasteiger charge is -2.31. The lowest BCUT2D eigenvalue weighted by molar-refractivity contribution is -0.124. The van der Waals surface area contributed by atoms with Crippen molar-refractivity contribution in [2.75, 3.05) is 13.7 Å². The van der Waals surface area contributed by atoms with E-state index in [1.54, 1.807) is 7.11 Å². The first-order valence-electron chi connectivity index (χ1n) is 7.38. The second kappa shape index (κ2) is 7.46. The molecule has 0 aliphatic rings. The second-order valence-electron chi connectivity index (χ2n) is 6.34. The van der Waals surface area contributed by atoms with E-state index in [1.807, 2.05) is 52.0 Å². The minimum Gasteiger partial charge on any atom is -0.497 e. The molecule has 0 aliphatic heterocycles. The van der Waals surface area contributed by atoms with Crippen LogP contribution in [0.2, 0.25) is 0 Å². The Morgan fingerprint density at radius 2 is 1.86 bits per heavy atom. The van der Waals surface area contributed by atoms with Gasteiger partial charge in [0.15, 0.2) is 0 Å². The molecule has 1 amide bonds. The van der Waals surface area contributed by atoms with Crippen LogP contribution < -0.4 is 10.1 Å². The van der Waals surface area contributed by atoms with Crippen LogP contribution in [0, 0.1) is 5.41 Å². The minimum atomic E-state index is -0.253. The van der Waals surface area contributed by atoms with Crippen LogP contribution >= 0.6 is 0 Å². The molecular formula is C17H27NO3. The van der Waals surface area contributed by atoms with E-state index in [0.717, 1.165) is 11.3 Å². The van der Waals surface area contributed by atoms with E-state index in [9.17, 15) is 9.90 Å². The Balaban J connectivity index is 2.85. The molecule has 2 N–H and O–H groups in total. The molecule has 4 heteroatoms. The molecule has 1 rings (SSSR count). The number of aliphatic hydroxyl groups excluding tert-OH is 1. The number of amides is 1. The molecule has 0 heterocycles. The predicted octanol–water partition coefficient (Wildman–Crippen LogP) is 2.71. The van der Waals surface area contributed by atoms with Gasteiger partial charge in [-0.2, -0.15) is 0 Å². The second-order valence-corrected chi connectivity index (χ2v) is 6.34. The van der Waals surface area contributed by atoms with Gasteiger partial charge >= 0.3 is 0 Å². The van der Waals surface area contributed by atoms with Crippen molar-refractivity contribution in [3.8, 4) is 5.75 Å². The molecule has 1 unspecified atom stereocenters. The fourth-order valence-electron chi connectivity index (χ4n) is 2.22. The van der Waals surface area contributed by atoms with Gasteiger partial charge in [-0.3, -0.25) is 4.79 Å². The number of rotatable bonds is 6. The Morgan fingerprint density at radius 3 is 2.24 bits per heavy atom. The first kappa shape index (κ1) is 17.5. The van der Waals surface area contributed by atoms with E-state index in [2.05, 4.69) is 5.32 Å². The summed E-state index contributed by atoms with van der Waals surface area (Å²) in [7, 11) is 1.62. The molecule has 0 spiro atoms. The Morgan fingerprint density at radius 1 is 1.29 bits per heavy atom. The molecule has 21 heavy (non-hydrogen) atoms. The van der Waals surface area contributed by atoms with Crippen LogP contribution in [-0.2, 0) is 4.79 Å². The molecule has 0 saturated heterocycles. The summed E-state index contributed by atoms with van der Waals surface area (Å²) >= 11 is 0. The number of benzene rings is 1. The zero-order valence-electron chi connectivity index (χ0n) is 13.6. The fraction of sp³-hybridized carbons (Fsp3) is 0.588. The lowest BCUT2D eigenvalue weighted by atomic mass is 9.86. The van der Waals surface area contributed by atoms with Crippen LogP contribution in [-0.4, -0.2) is 30.8 Å². The summed E-state index contributed by atoms with van der Waals surface area (Å²) in [5, 5.41) is 12.4. The Labute approximate surface area is 127 Å². The maximum Gasteiger partial charge on any atom is 0.227 e. The largest absolute Gasteiger partial charge is 0.497 e. The minimum absolute atomic E-state index is 0.0448. The molecular weight excluding hydrogens is 266 g/mol. The van der Waals surface area contributed by atoms with E-state index in [4.69, 9.17) is 4.74 Å². The van der Waals surface area contributed by atoms with Crippen LogP contribution in [0.4, 0.5) is 0 Å². The number of methoxy groups -OCH3 is 1. The standard InChI is InChI=1S/C17H27NO3/c1-6-14(12-7-9-13(21-5)10-8-12)16(20)18-15(11-19)17(2,3)4/h7-10,14-15,19H,6,11H2,1-5H3,(H,18,20)/t14?,15-/m1/s1. The van der Waals surface area contributed by atoms with Crippen LogP contribution in [0.5, 0.6) is 5.75 Å². The van der Waals surface area contributed by atoms with Crippen molar-refractivity contribution < 1.29 is 14.6 Å². The van der Waals surface area contributed by atoms with E-state index < -0.39 is 0 Å². The quantitative estimate of drug-likeness (QED) is 0.848. The van der Waals surface area contributed by atoms with Crippen molar-refractivity contribution in [3.05, 3.63) is 29.8 Å². The molecule has 4 nitrogen and oxygen atoms in total. The van der Waals surface area contributed by atoms with Gasteiger partial charge < -0.3 is 15.2 Å². The average molecular weight is 293 g/mol. The van der Waals surface area contributed by atoms with Gasteiger partial charge in [-0.25, -0.2) is 0 Å². The summed E-state index contributed by atoms with van der Waals surface area (Å²) < 4.78 is 5.14. The first-order valence-corrected chi connectivity index (χ1v) is 7.38. The summed E-state index contributed by atoms with van der Waals surface area (Å²) in [5.41, 5.74) is 0.782. The number of ether oxygens (including phenoxy) is 1. The molecule has 0 aliphatic carbocycles. The van der Waals surface area contributed by atoms with Crippen LogP contribution in [0.15, 0.2) is 24.3 Å². The Kier molecular flexibility index (Phi) is 6.21. The number of aliphatic hydroxyl groups is 1. The van der Waals surface area contributed by atoms with Gasteiger partial charge in [-0.15, -0.1) is 0 Å². The van der Waals surface area contributed by atoms with Gasteiger partial charge in [0.25, 0.3) is 0 Å². The Hall–Kier alpha value is -1.55. The highest BCUT2D eigenvalue weighted by Crippen LogP contribution is 2.24. The number of carbonyl (C=O) groups excluding carboxylic acids is 1. The van der Waals surface area contributed by atoms with E-state index in [-0.39, 0.29) is 29.9 Å². The molecule has 0 aromatic heterocycles. The third-order valence-corrected chi connectivity index (χ3v) is 3.79. The molecule has 1 aromatic carbocycles. The van der Waals surface area contributed by atoms with Crippen molar-refractivity contribution in [2.24, 2.45) is 5.41 Å². The van der Waals surface area contributed by atoms with E-state index in [0.29, 0.717) is 6.42 Å². The highest BCUT2D eigenvalue weighted by atomic mass is 16.5. The smallest absolute Gasteiger partial charge is 0.227 e. The van der Waals surface area contributed by atoms with Crippen molar-refractivity contribution in [1.29, 1.82) is 0 Å². The van der Waals surface area contributed by atoms with E-state index in [1.165, 1.54) is 0 Å². The highest BCUT2D eigenvalue weighted by molar-refractivity contribution is 5.84. The summed E-state index contributed by atoms with van der Waals surface area (Å²) in [4.78, 5) is 12.5. The molecule has 2 atom stereocenters. The SMILES string of the molecule is CCC(C(=O)N[C@H](CO)C(C)(C)C)c1ccc(OC)cc1. The summed E-state index contributed by atoms with van der Waals surface area (Å²) in [6, 6.07) is 7.30. The molecule has 0 bridgehead atoms. The number of hydrogen-bond donors (Lipinski definition) is 2. The lowest BCUT2D eigenvalue weighted by Crippen LogP contribution is -2.47. The fourth-order valence-corrected chi connectivity index (χ4v) is 2.22. The zero-order chi connectivity index (χ0) is 16.0. The number of nitrogens with one attached hydrogen (secondary N) is 1. The van der Waals surface area contributed by atoms with Crippen molar-refractivity contribution in [2.45, 2.75) is 46.1 Å². The molecule has 1 aromatic rings. The van der Waals surface area contributed by atoms with Gasteiger partial charge in [-0.1, -0.05) is 39.8 Å². The molecule has 0 radical (unpaired) electrons. The van der Waals surface area contributed by atoms with Gasteiger partial charge in [0.05, 0.1) is 25.7 Å². The number of hydrogen-bond acceptors (Lipinski definition) is 3. The highest BCUT2D eigenvalue weighted by Gasteiger charge is 2.28.